The van der Waals surface area contributed by atoms with E-state index >= 15 is 0 Å². The molecule has 1 N–H and O–H groups in total. The fraction of sp³-hybridized carbons (Fsp3) is 0.320. The normalized spacial score (nSPS) is 19.0. The van der Waals surface area contributed by atoms with Crippen LogP contribution in [-0.2, 0) is 5.60 Å². The zero-order valence-corrected chi connectivity index (χ0v) is 20.2. The molecule has 1 aromatic heterocycles. The van der Waals surface area contributed by atoms with Crippen molar-refractivity contribution in [1.82, 2.24) is 9.88 Å². The topological polar surface area (TPSA) is 39.6 Å². The molecule has 1 saturated heterocycles. The van der Waals surface area contributed by atoms with Crippen molar-refractivity contribution in [1.29, 1.82) is 0 Å². The molecule has 2 heterocycles. The standard InChI is InChI=1S/C25H26Cl3N3O/c1-2-25(32,19-4-3-11-29-15-19)17-30-12-13-31(23-10-9-21(27)14-22(23)28)24(16-30)18-5-7-20(26)8-6-18/h3-11,14-15,24,32H,2,12-13,16-17H2,1H3/t24-,25-/m0/s1. The van der Waals surface area contributed by atoms with Gasteiger partial charge in [0.2, 0.25) is 0 Å². The van der Waals surface area contributed by atoms with Crippen molar-refractivity contribution >= 4 is 40.5 Å². The molecule has 2 atom stereocenters. The Kier molecular flexibility index (Phi) is 7.28. The SMILES string of the molecule is CC[C@](O)(CN1CCN(c2ccc(Cl)cc2Cl)[C@H](c2ccc(Cl)cc2)C1)c1cccnc1. The second-order valence-electron chi connectivity index (χ2n) is 8.22. The summed E-state index contributed by atoms with van der Waals surface area (Å²) in [6.45, 7) is 4.84. The number of piperazine rings is 1. The Hall–Kier alpha value is -1.82. The average Bonchev–Trinajstić information content (AvgIpc) is 2.80. The number of halogens is 3. The number of aliphatic hydroxyl groups is 1. The first-order valence-corrected chi connectivity index (χ1v) is 11.9. The van der Waals surface area contributed by atoms with Gasteiger partial charge in [-0.2, -0.15) is 0 Å². The van der Waals surface area contributed by atoms with E-state index in [0.29, 0.717) is 28.0 Å². The van der Waals surface area contributed by atoms with Crippen LogP contribution < -0.4 is 4.90 Å². The Balaban J connectivity index is 1.63. The summed E-state index contributed by atoms with van der Waals surface area (Å²) in [5.74, 6) is 0. The van der Waals surface area contributed by atoms with Crippen LogP contribution in [0.3, 0.4) is 0 Å². The van der Waals surface area contributed by atoms with E-state index in [2.05, 4.69) is 26.9 Å². The molecule has 0 unspecified atom stereocenters. The third-order valence-corrected chi connectivity index (χ3v) is 7.00. The summed E-state index contributed by atoms with van der Waals surface area (Å²) in [7, 11) is 0. The second-order valence-corrected chi connectivity index (χ2v) is 9.50. The Labute approximate surface area is 204 Å². The first kappa shape index (κ1) is 23.3. The van der Waals surface area contributed by atoms with E-state index in [1.165, 1.54) is 0 Å². The van der Waals surface area contributed by atoms with Crippen LogP contribution in [0.15, 0.2) is 67.0 Å². The first-order valence-electron chi connectivity index (χ1n) is 10.7. The van der Waals surface area contributed by atoms with E-state index in [-0.39, 0.29) is 6.04 Å². The molecule has 4 nitrogen and oxygen atoms in total. The van der Waals surface area contributed by atoms with Crippen molar-refractivity contribution in [2.45, 2.75) is 25.0 Å². The minimum absolute atomic E-state index is 0.0506. The summed E-state index contributed by atoms with van der Waals surface area (Å²) < 4.78 is 0. The molecular weight excluding hydrogens is 465 g/mol. The molecule has 0 spiro atoms. The largest absolute Gasteiger partial charge is 0.384 e. The minimum atomic E-state index is -0.959. The van der Waals surface area contributed by atoms with Gasteiger partial charge in [0, 0.05) is 54.2 Å². The van der Waals surface area contributed by atoms with Gasteiger partial charge in [0.1, 0.15) is 5.60 Å². The highest BCUT2D eigenvalue weighted by atomic mass is 35.5. The van der Waals surface area contributed by atoms with Gasteiger partial charge in [-0.15, -0.1) is 0 Å². The van der Waals surface area contributed by atoms with Crippen molar-refractivity contribution in [3.05, 3.63) is 93.2 Å². The van der Waals surface area contributed by atoms with Gasteiger partial charge in [0.25, 0.3) is 0 Å². The lowest BCUT2D eigenvalue weighted by molar-refractivity contribution is -0.00957. The van der Waals surface area contributed by atoms with Crippen molar-refractivity contribution in [3.63, 3.8) is 0 Å². The van der Waals surface area contributed by atoms with Crippen molar-refractivity contribution < 1.29 is 5.11 Å². The van der Waals surface area contributed by atoms with Gasteiger partial charge in [-0.25, -0.2) is 0 Å². The van der Waals surface area contributed by atoms with Gasteiger partial charge in [0.15, 0.2) is 0 Å². The van der Waals surface area contributed by atoms with E-state index in [1.807, 2.05) is 43.3 Å². The lowest BCUT2D eigenvalue weighted by Gasteiger charge is -2.45. The summed E-state index contributed by atoms with van der Waals surface area (Å²) in [6, 6.07) is 17.4. The average molecular weight is 491 g/mol. The molecule has 32 heavy (non-hydrogen) atoms. The maximum Gasteiger partial charge on any atom is 0.103 e. The fourth-order valence-corrected chi connectivity index (χ4v) is 5.01. The summed E-state index contributed by atoms with van der Waals surface area (Å²) in [6.07, 6.45) is 4.09. The molecule has 7 heteroatoms. The summed E-state index contributed by atoms with van der Waals surface area (Å²) >= 11 is 18.9. The molecule has 4 rings (SSSR count). The predicted molar refractivity (Wildman–Crippen MR) is 133 cm³/mol. The molecule has 0 bridgehead atoms. The molecule has 1 aliphatic rings. The van der Waals surface area contributed by atoms with E-state index in [0.717, 1.165) is 36.4 Å². The van der Waals surface area contributed by atoms with E-state index < -0.39 is 5.60 Å². The van der Waals surface area contributed by atoms with Crippen LogP contribution >= 0.6 is 34.8 Å². The summed E-state index contributed by atoms with van der Waals surface area (Å²) in [5.41, 5.74) is 1.98. The van der Waals surface area contributed by atoms with Crippen molar-refractivity contribution in [3.8, 4) is 0 Å². The number of anilines is 1. The van der Waals surface area contributed by atoms with Crippen LogP contribution in [0.25, 0.3) is 0 Å². The predicted octanol–water partition coefficient (Wildman–Crippen LogP) is 6.20. The summed E-state index contributed by atoms with van der Waals surface area (Å²) in [4.78, 5) is 8.83. The lowest BCUT2D eigenvalue weighted by Crippen LogP contribution is -2.52. The third kappa shape index (κ3) is 5.05. The number of hydrogen-bond acceptors (Lipinski definition) is 4. The number of benzene rings is 2. The van der Waals surface area contributed by atoms with Gasteiger partial charge < -0.3 is 10.0 Å². The van der Waals surface area contributed by atoms with Gasteiger partial charge in [-0.3, -0.25) is 9.88 Å². The van der Waals surface area contributed by atoms with Crippen LogP contribution in [0.1, 0.15) is 30.5 Å². The van der Waals surface area contributed by atoms with Crippen LogP contribution in [-0.4, -0.2) is 41.2 Å². The smallest absolute Gasteiger partial charge is 0.103 e. The van der Waals surface area contributed by atoms with Crippen LogP contribution in [0.2, 0.25) is 15.1 Å². The molecule has 0 aliphatic carbocycles. The summed E-state index contributed by atoms with van der Waals surface area (Å²) in [5, 5.41) is 13.4. The molecule has 1 aliphatic heterocycles. The van der Waals surface area contributed by atoms with Gasteiger partial charge in [-0.1, -0.05) is 59.9 Å². The molecule has 0 amide bonds. The molecule has 168 valence electrons. The second kappa shape index (κ2) is 9.98. The Morgan fingerprint density at radius 1 is 1.03 bits per heavy atom. The monoisotopic (exact) mass is 489 g/mol. The number of hydrogen-bond donors (Lipinski definition) is 1. The van der Waals surface area contributed by atoms with E-state index in [9.17, 15) is 5.11 Å². The number of aromatic nitrogens is 1. The number of nitrogens with zero attached hydrogens (tertiary/aromatic N) is 3. The molecule has 0 saturated carbocycles. The van der Waals surface area contributed by atoms with Gasteiger partial charge in [-0.05, 0) is 48.4 Å². The quantitative estimate of drug-likeness (QED) is 0.446. The van der Waals surface area contributed by atoms with Crippen molar-refractivity contribution in [2.24, 2.45) is 0 Å². The fourth-order valence-electron chi connectivity index (χ4n) is 4.37. The molecule has 3 aromatic rings. The first-order chi connectivity index (χ1) is 15.4. The Bertz CT molecular complexity index is 1050. The van der Waals surface area contributed by atoms with E-state index in [4.69, 9.17) is 34.8 Å². The molecular formula is C25H26Cl3N3O. The Morgan fingerprint density at radius 3 is 2.44 bits per heavy atom. The molecule has 1 fully saturated rings. The lowest BCUT2D eigenvalue weighted by atomic mass is 9.90. The molecule has 2 aromatic carbocycles. The van der Waals surface area contributed by atoms with Crippen molar-refractivity contribution in [2.75, 3.05) is 31.1 Å². The number of β-amino-alcohol motifs (C(OH)–C–C–N with tert-alkyl or cyclic N) is 1. The van der Waals surface area contributed by atoms with Crippen LogP contribution in [0.5, 0.6) is 0 Å². The minimum Gasteiger partial charge on any atom is -0.384 e. The highest BCUT2D eigenvalue weighted by molar-refractivity contribution is 6.36. The zero-order chi connectivity index (χ0) is 22.7. The Morgan fingerprint density at radius 2 is 1.78 bits per heavy atom. The van der Waals surface area contributed by atoms with E-state index in [1.54, 1.807) is 18.5 Å². The molecule has 0 radical (unpaired) electrons. The van der Waals surface area contributed by atoms with Crippen LogP contribution in [0.4, 0.5) is 5.69 Å². The third-order valence-electron chi connectivity index (χ3n) is 6.21. The van der Waals surface area contributed by atoms with Crippen LogP contribution in [0, 0.1) is 0 Å². The highest BCUT2D eigenvalue weighted by Crippen LogP contribution is 2.37. The number of pyridine rings is 1. The van der Waals surface area contributed by atoms with Gasteiger partial charge in [0.05, 0.1) is 16.8 Å². The maximum atomic E-state index is 11.4. The highest BCUT2D eigenvalue weighted by Gasteiger charge is 2.35. The zero-order valence-electron chi connectivity index (χ0n) is 17.9. The van der Waals surface area contributed by atoms with Gasteiger partial charge >= 0.3 is 0 Å². The number of rotatable bonds is 6. The maximum absolute atomic E-state index is 11.4.